The van der Waals surface area contributed by atoms with Crippen molar-refractivity contribution in [3.63, 3.8) is 0 Å². The Kier molecular flexibility index (Phi) is 20.6. The first-order chi connectivity index (χ1) is 34.1. The Bertz CT molecular complexity index is 2330. The van der Waals surface area contributed by atoms with E-state index in [9.17, 15) is 0 Å². The molecule has 70 heavy (non-hydrogen) atoms. The Morgan fingerprint density at radius 2 is 1.09 bits per heavy atom. The number of rotatable bonds is 28. The highest BCUT2D eigenvalue weighted by Crippen LogP contribution is 2.53. The number of benzene rings is 4. The van der Waals surface area contributed by atoms with Gasteiger partial charge in [0.15, 0.2) is 0 Å². The van der Waals surface area contributed by atoms with E-state index in [1.165, 1.54) is 191 Å². The highest BCUT2D eigenvalue weighted by atomic mass is 35.5. The molecular weight excluding hydrogens is 892 g/mol. The molecule has 0 aromatic heterocycles. The van der Waals surface area contributed by atoms with Crippen LogP contribution in [-0.2, 0) is 10.8 Å². The first kappa shape index (κ1) is 54.0. The summed E-state index contributed by atoms with van der Waals surface area (Å²) in [5, 5.41) is 1.67. The van der Waals surface area contributed by atoms with E-state index in [4.69, 9.17) is 23.2 Å². The third-order valence-electron chi connectivity index (χ3n) is 16.5. The van der Waals surface area contributed by atoms with Gasteiger partial charge < -0.3 is 4.90 Å². The zero-order valence-electron chi connectivity index (χ0n) is 44.4. The van der Waals surface area contributed by atoms with Gasteiger partial charge in [0.05, 0.1) is 17.7 Å². The average Bonchev–Trinajstić information content (AvgIpc) is 3.92. The maximum Gasteiger partial charge on any atom is 0.135 e. The molecule has 0 spiro atoms. The molecule has 1 heterocycles. The number of nitrogens with zero attached hydrogens (tertiary/aromatic N) is 1. The number of hydrogen-bond acceptors (Lipinski definition) is 1. The van der Waals surface area contributed by atoms with Crippen LogP contribution in [0.1, 0.15) is 212 Å². The molecule has 0 amide bonds. The van der Waals surface area contributed by atoms with Crippen LogP contribution in [-0.4, -0.2) is 12.6 Å². The molecule has 7 rings (SSSR count). The second-order valence-electron chi connectivity index (χ2n) is 22.3. The molecule has 2 nitrogen and oxygen atoms in total. The lowest BCUT2D eigenvalue weighted by Crippen LogP contribution is -3.10. The average molecular weight is 981 g/mol. The third-order valence-corrected chi connectivity index (χ3v) is 16.9. The monoisotopic (exact) mass is 980 g/mol. The largest absolute Gasteiger partial charge is 0.310 e. The van der Waals surface area contributed by atoms with Crippen LogP contribution in [0.15, 0.2) is 144 Å². The van der Waals surface area contributed by atoms with Crippen molar-refractivity contribution < 1.29 is 4.90 Å². The molecule has 4 aromatic carbocycles. The summed E-state index contributed by atoms with van der Waals surface area (Å²) in [6, 6.07) is 35.8. The summed E-state index contributed by atoms with van der Waals surface area (Å²) in [5.74, 6) is 0.393. The van der Waals surface area contributed by atoms with Gasteiger partial charge in [-0.05, 0) is 123 Å². The van der Waals surface area contributed by atoms with Gasteiger partial charge in [-0.25, -0.2) is 0 Å². The minimum Gasteiger partial charge on any atom is -0.310 e. The van der Waals surface area contributed by atoms with E-state index in [-0.39, 0.29) is 10.8 Å². The summed E-state index contributed by atoms with van der Waals surface area (Å²) in [5.41, 5.74) is 13.5. The maximum absolute atomic E-state index is 6.77. The first-order valence-corrected chi connectivity index (χ1v) is 29.0. The lowest BCUT2D eigenvalue weighted by Gasteiger charge is -2.29. The number of unbranched alkanes of at least 4 members (excludes halogenated alkanes) is 18. The van der Waals surface area contributed by atoms with Crippen LogP contribution in [0.25, 0.3) is 0 Å². The highest BCUT2D eigenvalue weighted by molar-refractivity contribution is 6.31. The van der Waals surface area contributed by atoms with Gasteiger partial charge in [-0.15, -0.1) is 0 Å². The predicted molar refractivity (Wildman–Crippen MR) is 306 cm³/mol. The second-order valence-corrected chi connectivity index (χ2v) is 23.2. The van der Waals surface area contributed by atoms with Crippen molar-refractivity contribution in [1.82, 2.24) is 0 Å². The predicted octanol–water partition coefficient (Wildman–Crippen LogP) is 19.8. The standard InChI is InChI=1S/C66H88Cl2N2/c1-7-9-11-13-15-17-19-21-23-31-37-57-58-44-42-53(67)49-60(58)65(3,4)59(57)45-40-51-38-39-52(64(51)70(55-33-27-25-28-34-55)56-35-29-26-30-36-56)41-47-63-66(5,6)61-50-54(68)43-46-62(61)69(63)48-32-24-22-20-18-16-14-12-10-8-2/h25-30,33-36,40-47,49-50,57,63H,7-24,31-32,37-39,48H2,1-6H3/p+1/b47-41+,51-40+,59-45-. The summed E-state index contributed by atoms with van der Waals surface area (Å²) < 4.78 is 0. The van der Waals surface area contributed by atoms with Gasteiger partial charge >= 0.3 is 0 Å². The van der Waals surface area contributed by atoms with E-state index >= 15 is 0 Å². The van der Waals surface area contributed by atoms with Crippen LogP contribution in [0.2, 0.25) is 10.0 Å². The molecule has 4 aromatic rings. The number of fused-ring (bicyclic) bond motifs is 2. The molecule has 3 unspecified atom stereocenters. The number of allylic oxidation sites excluding steroid dienone is 6. The first-order valence-electron chi connectivity index (χ1n) is 28.3. The van der Waals surface area contributed by atoms with Crippen molar-refractivity contribution in [2.45, 2.75) is 212 Å². The quantitative estimate of drug-likeness (QED) is 0.0557. The number of para-hydroxylation sites is 2. The van der Waals surface area contributed by atoms with Gasteiger partial charge in [0, 0.05) is 44.4 Å². The summed E-state index contributed by atoms with van der Waals surface area (Å²) in [6.07, 6.45) is 40.5. The fourth-order valence-electron chi connectivity index (χ4n) is 12.4. The fourth-order valence-corrected chi connectivity index (χ4v) is 12.8. The van der Waals surface area contributed by atoms with Crippen molar-refractivity contribution in [2.24, 2.45) is 0 Å². The summed E-state index contributed by atoms with van der Waals surface area (Å²) in [7, 11) is 0. The Labute approximate surface area is 436 Å². The molecule has 376 valence electrons. The van der Waals surface area contributed by atoms with Crippen LogP contribution in [0.5, 0.6) is 0 Å². The van der Waals surface area contributed by atoms with Gasteiger partial charge in [-0.3, -0.25) is 4.90 Å². The van der Waals surface area contributed by atoms with Crippen LogP contribution in [0.4, 0.5) is 17.1 Å². The van der Waals surface area contributed by atoms with Gasteiger partial charge in [-0.2, -0.15) is 0 Å². The summed E-state index contributed by atoms with van der Waals surface area (Å²) in [6.45, 7) is 15.5. The van der Waals surface area contributed by atoms with Crippen molar-refractivity contribution in [3.05, 3.63) is 171 Å². The van der Waals surface area contributed by atoms with E-state index in [2.05, 4.69) is 168 Å². The van der Waals surface area contributed by atoms with Crippen molar-refractivity contribution >= 4 is 40.3 Å². The number of halogens is 2. The molecular formula is C66H89Cl2N2+. The molecule has 2 aliphatic carbocycles. The Morgan fingerprint density at radius 1 is 0.571 bits per heavy atom. The second kappa shape index (κ2) is 26.8. The van der Waals surface area contributed by atoms with E-state index in [0.717, 1.165) is 29.4 Å². The van der Waals surface area contributed by atoms with E-state index in [0.29, 0.717) is 12.0 Å². The lowest BCUT2D eigenvalue weighted by atomic mass is 9.79. The van der Waals surface area contributed by atoms with Crippen molar-refractivity contribution in [3.8, 4) is 0 Å². The maximum atomic E-state index is 6.77. The highest BCUT2D eigenvalue weighted by Gasteiger charge is 2.48. The fraction of sp³-hybridized carbons (Fsp3) is 0.515. The minimum atomic E-state index is -0.114. The van der Waals surface area contributed by atoms with Crippen molar-refractivity contribution in [1.29, 1.82) is 0 Å². The van der Waals surface area contributed by atoms with Crippen LogP contribution >= 0.6 is 23.2 Å². The molecule has 3 aliphatic rings. The summed E-state index contributed by atoms with van der Waals surface area (Å²) in [4.78, 5) is 4.13. The molecule has 1 N–H and O–H groups in total. The zero-order chi connectivity index (χ0) is 49.4. The van der Waals surface area contributed by atoms with Crippen LogP contribution < -0.4 is 9.80 Å². The molecule has 0 bridgehead atoms. The minimum absolute atomic E-state index is 0.0687. The molecule has 3 atom stereocenters. The lowest BCUT2D eigenvalue weighted by molar-refractivity contribution is -0.850. The molecule has 0 radical (unpaired) electrons. The van der Waals surface area contributed by atoms with E-state index in [1.54, 1.807) is 4.90 Å². The molecule has 0 saturated heterocycles. The van der Waals surface area contributed by atoms with Gasteiger partial charge in [0.2, 0.25) is 0 Å². The van der Waals surface area contributed by atoms with E-state index in [1.807, 2.05) is 0 Å². The molecule has 0 fully saturated rings. The zero-order valence-corrected chi connectivity index (χ0v) is 45.9. The normalized spacial score (nSPS) is 20.3. The SMILES string of the molecule is CCCCCCCCCCCCC1/C(=C/C=C2\CCC(/C=C/C3[NH+](CCCCCCCCCCCC)c4ccc(Cl)cc4C3(C)C)=C2N(c2ccccc2)c2ccccc2)C(C)(C)c2cc(Cl)ccc21. The van der Waals surface area contributed by atoms with Crippen molar-refractivity contribution in [2.75, 3.05) is 11.4 Å². The Hall–Kier alpha value is -3.82. The number of nitrogens with one attached hydrogen (secondary N) is 1. The Morgan fingerprint density at radius 3 is 1.66 bits per heavy atom. The van der Waals surface area contributed by atoms with Gasteiger partial charge in [0.25, 0.3) is 0 Å². The molecule has 0 saturated carbocycles. The third kappa shape index (κ3) is 13.6. The smallest absolute Gasteiger partial charge is 0.135 e. The van der Waals surface area contributed by atoms with Gasteiger partial charge in [0.1, 0.15) is 11.7 Å². The van der Waals surface area contributed by atoms with Crippen LogP contribution in [0, 0.1) is 0 Å². The Balaban J connectivity index is 1.20. The topological polar surface area (TPSA) is 7.68 Å². The molecule has 1 aliphatic heterocycles. The molecule has 4 heteroatoms. The number of hydrogen-bond donors (Lipinski definition) is 1. The van der Waals surface area contributed by atoms with Gasteiger partial charge in [-0.1, -0.05) is 233 Å². The van der Waals surface area contributed by atoms with E-state index < -0.39 is 0 Å². The van der Waals surface area contributed by atoms with Crippen LogP contribution in [0.3, 0.4) is 0 Å². The number of quaternary nitrogens is 1. The number of anilines is 2. The summed E-state index contributed by atoms with van der Waals surface area (Å²) >= 11 is 13.5.